The number of nitrogens with one attached hydrogen (secondary N) is 1. The molecular weight excluding hydrogens is 636 g/mol. The van der Waals surface area contributed by atoms with Crippen molar-refractivity contribution in [2.45, 2.75) is 57.2 Å². The SMILES string of the molecule is CCCCOC(=O)C1=C(C)Nc2nc(SCc3ccccc3Cl)nn2C1c1cc(Br)ccc1OCc1ccccc1C. The summed E-state index contributed by atoms with van der Waals surface area (Å²) in [6.45, 7) is 6.72. The van der Waals surface area contributed by atoms with Crippen LogP contribution in [-0.4, -0.2) is 27.3 Å². The fourth-order valence-corrected chi connectivity index (χ4v) is 6.17. The first-order valence-electron chi connectivity index (χ1n) is 13.8. The van der Waals surface area contributed by atoms with Gasteiger partial charge in [-0.2, -0.15) is 4.98 Å². The quantitative estimate of drug-likeness (QED) is 0.0976. The number of ether oxygens (including phenoxy) is 2. The van der Waals surface area contributed by atoms with Gasteiger partial charge >= 0.3 is 5.97 Å². The number of anilines is 1. The number of hydrogen-bond acceptors (Lipinski definition) is 7. The van der Waals surface area contributed by atoms with E-state index in [4.69, 9.17) is 31.2 Å². The Hall–Kier alpha value is -3.27. The minimum atomic E-state index is -0.623. The minimum absolute atomic E-state index is 0.344. The number of allylic oxidation sites excluding steroid dienone is 1. The topological polar surface area (TPSA) is 78.3 Å². The second-order valence-corrected chi connectivity index (χ2v) is 12.3. The molecular formula is C32H32BrClN4O3S. The van der Waals surface area contributed by atoms with Crippen LogP contribution in [0.5, 0.6) is 5.75 Å². The number of fused-ring (bicyclic) bond motifs is 1. The van der Waals surface area contributed by atoms with Crippen molar-refractivity contribution in [2.24, 2.45) is 0 Å². The van der Waals surface area contributed by atoms with Gasteiger partial charge in [0.15, 0.2) is 0 Å². The number of halogens is 2. The Morgan fingerprint density at radius 3 is 2.62 bits per heavy atom. The molecule has 2 heterocycles. The summed E-state index contributed by atoms with van der Waals surface area (Å²) < 4.78 is 14.7. The average molecular weight is 668 g/mol. The third-order valence-corrected chi connectivity index (χ3v) is 8.76. The van der Waals surface area contributed by atoms with Gasteiger partial charge in [0.05, 0.1) is 12.2 Å². The second-order valence-electron chi connectivity index (χ2n) is 10.00. The Kier molecular flexibility index (Phi) is 9.92. The molecule has 0 amide bonds. The van der Waals surface area contributed by atoms with Gasteiger partial charge in [0.1, 0.15) is 18.4 Å². The predicted octanol–water partition coefficient (Wildman–Crippen LogP) is 8.51. The molecule has 5 rings (SSSR count). The van der Waals surface area contributed by atoms with Crippen molar-refractivity contribution >= 4 is 51.2 Å². The van der Waals surface area contributed by atoms with Gasteiger partial charge in [-0.25, -0.2) is 9.48 Å². The lowest BCUT2D eigenvalue weighted by atomic mass is 9.95. The van der Waals surface area contributed by atoms with Crippen LogP contribution < -0.4 is 10.1 Å². The first-order chi connectivity index (χ1) is 20.4. The molecule has 0 radical (unpaired) electrons. The van der Waals surface area contributed by atoms with Crippen LogP contribution in [0.4, 0.5) is 5.95 Å². The number of carbonyl (C=O) groups is 1. The van der Waals surface area contributed by atoms with Gasteiger partial charge in [0.2, 0.25) is 11.1 Å². The van der Waals surface area contributed by atoms with E-state index < -0.39 is 12.0 Å². The molecule has 4 aromatic rings. The maximum atomic E-state index is 13.6. The molecule has 1 aromatic heterocycles. The van der Waals surface area contributed by atoms with Crippen LogP contribution in [-0.2, 0) is 21.9 Å². The zero-order valence-electron chi connectivity index (χ0n) is 23.7. The monoisotopic (exact) mass is 666 g/mol. The third kappa shape index (κ3) is 6.85. The van der Waals surface area contributed by atoms with Gasteiger partial charge in [0, 0.05) is 26.5 Å². The van der Waals surface area contributed by atoms with E-state index in [0.29, 0.717) is 52.1 Å². The predicted molar refractivity (Wildman–Crippen MR) is 171 cm³/mol. The van der Waals surface area contributed by atoms with Gasteiger partial charge in [-0.3, -0.25) is 0 Å². The number of aryl methyl sites for hydroxylation is 1. The van der Waals surface area contributed by atoms with E-state index >= 15 is 0 Å². The molecule has 3 aromatic carbocycles. The van der Waals surface area contributed by atoms with Crippen LogP contribution in [0.3, 0.4) is 0 Å². The highest BCUT2D eigenvalue weighted by Gasteiger charge is 2.37. The van der Waals surface area contributed by atoms with Gasteiger partial charge in [-0.15, -0.1) is 5.10 Å². The van der Waals surface area contributed by atoms with Crippen LogP contribution in [0.1, 0.15) is 55.0 Å². The maximum absolute atomic E-state index is 13.6. The van der Waals surface area contributed by atoms with Crippen LogP contribution in [0.2, 0.25) is 5.02 Å². The van der Waals surface area contributed by atoms with Crippen molar-refractivity contribution in [1.82, 2.24) is 14.8 Å². The lowest BCUT2D eigenvalue weighted by Crippen LogP contribution is -2.30. The van der Waals surface area contributed by atoms with Crippen molar-refractivity contribution in [1.29, 1.82) is 0 Å². The summed E-state index contributed by atoms with van der Waals surface area (Å²) in [5.74, 6) is 1.39. The first kappa shape index (κ1) is 30.2. The number of hydrogen-bond donors (Lipinski definition) is 1. The number of nitrogens with zero attached hydrogens (tertiary/aromatic N) is 3. The molecule has 1 atom stereocenters. The van der Waals surface area contributed by atoms with Crippen molar-refractivity contribution < 1.29 is 14.3 Å². The van der Waals surface area contributed by atoms with Crippen LogP contribution >= 0.6 is 39.3 Å². The Morgan fingerprint density at radius 1 is 1.10 bits per heavy atom. The van der Waals surface area contributed by atoms with Crippen molar-refractivity contribution in [2.75, 3.05) is 11.9 Å². The van der Waals surface area contributed by atoms with E-state index in [2.05, 4.69) is 47.2 Å². The van der Waals surface area contributed by atoms with E-state index in [1.807, 2.05) is 61.5 Å². The van der Waals surface area contributed by atoms with Gasteiger partial charge < -0.3 is 14.8 Å². The maximum Gasteiger partial charge on any atom is 0.338 e. The zero-order valence-corrected chi connectivity index (χ0v) is 26.9. The number of benzene rings is 3. The molecule has 0 bridgehead atoms. The van der Waals surface area contributed by atoms with Crippen LogP contribution in [0.25, 0.3) is 0 Å². The molecule has 1 aliphatic rings. The molecule has 0 aliphatic carbocycles. The van der Waals surface area contributed by atoms with Crippen molar-refractivity contribution in [3.05, 3.63) is 110 Å². The largest absolute Gasteiger partial charge is 0.489 e. The summed E-state index contributed by atoms with van der Waals surface area (Å²) in [5.41, 5.74) is 5.12. The first-order valence-corrected chi connectivity index (χ1v) is 16.0. The highest BCUT2D eigenvalue weighted by Crippen LogP contribution is 2.42. The molecule has 1 aliphatic heterocycles. The van der Waals surface area contributed by atoms with E-state index in [9.17, 15) is 4.79 Å². The fourth-order valence-electron chi connectivity index (χ4n) is 4.68. The molecule has 0 fully saturated rings. The Morgan fingerprint density at radius 2 is 1.86 bits per heavy atom. The lowest BCUT2D eigenvalue weighted by molar-refractivity contribution is -0.139. The summed E-state index contributed by atoms with van der Waals surface area (Å²) in [7, 11) is 0. The second kappa shape index (κ2) is 13.8. The molecule has 1 N–H and O–H groups in total. The van der Waals surface area contributed by atoms with E-state index in [0.717, 1.165) is 39.6 Å². The van der Waals surface area contributed by atoms with E-state index in [-0.39, 0.29) is 0 Å². The highest BCUT2D eigenvalue weighted by atomic mass is 79.9. The number of rotatable bonds is 11. The summed E-state index contributed by atoms with van der Waals surface area (Å²) in [6.07, 6.45) is 1.71. The van der Waals surface area contributed by atoms with Gasteiger partial charge in [-0.05, 0) is 61.2 Å². The number of unbranched alkanes of at least 4 members (excludes halogenated alkanes) is 1. The standard InChI is InChI=1S/C32H32BrClN4O3S/c1-4-5-16-40-30(39)28-21(3)35-31-36-32(42-19-23-12-8-9-13-26(23)34)37-38(31)29(28)25-17-24(33)14-15-27(25)41-18-22-11-7-6-10-20(22)2/h6-15,17,29H,4-5,16,18-19H2,1-3H3,(H,35,36,37). The summed E-state index contributed by atoms with van der Waals surface area (Å²) >= 11 is 11.5. The number of thioether (sulfide) groups is 1. The van der Waals surface area contributed by atoms with E-state index in [1.54, 1.807) is 4.68 Å². The molecule has 218 valence electrons. The molecule has 0 saturated carbocycles. The summed E-state index contributed by atoms with van der Waals surface area (Å²) in [5, 5.41) is 9.42. The zero-order chi connectivity index (χ0) is 29.6. The normalized spacial score (nSPS) is 14.4. The number of esters is 1. The van der Waals surface area contributed by atoms with Crippen LogP contribution in [0, 0.1) is 6.92 Å². The smallest absolute Gasteiger partial charge is 0.338 e. The van der Waals surface area contributed by atoms with Crippen molar-refractivity contribution in [3.8, 4) is 5.75 Å². The minimum Gasteiger partial charge on any atom is -0.489 e. The Balaban J connectivity index is 1.53. The average Bonchev–Trinajstić information content (AvgIpc) is 3.38. The molecule has 42 heavy (non-hydrogen) atoms. The molecule has 7 nitrogen and oxygen atoms in total. The molecule has 0 spiro atoms. The summed E-state index contributed by atoms with van der Waals surface area (Å²) in [6, 6.07) is 21.0. The van der Waals surface area contributed by atoms with E-state index in [1.165, 1.54) is 11.8 Å². The van der Waals surface area contributed by atoms with Crippen molar-refractivity contribution in [3.63, 3.8) is 0 Å². The highest BCUT2D eigenvalue weighted by molar-refractivity contribution is 9.10. The number of carbonyl (C=O) groups excluding carboxylic acids is 1. The molecule has 1 unspecified atom stereocenters. The van der Waals surface area contributed by atoms with Crippen LogP contribution in [0.15, 0.2) is 87.6 Å². The Labute approximate surface area is 263 Å². The fraction of sp³-hybridized carbons (Fsp3) is 0.281. The van der Waals surface area contributed by atoms with Gasteiger partial charge in [0.25, 0.3) is 0 Å². The molecule has 10 heteroatoms. The number of aromatic nitrogens is 3. The Bertz CT molecular complexity index is 1620. The molecule has 0 saturated heterocycles. The summed E-state index contributed by atoms with van der Waals surface area (Å²) in [4.78, 5) is 18.4. The lowest BCUT2D eigenvalue weighted by Gasteiger charge is -2.29. The van der Waals surface area contributed by atoms with Gasteiger partial charge in [-0.1, -0.05) is 95.1 Å². The third-order valence-electron chi connectivity index (χ3n) is 7.01.